The van der Waals surface area contributed by atoms with Crippen molar-refractivity contribution in [1.82, 2.24) is 0 Å². The van der Waals surface area contributed by atoms with Gasteiger partial charge in [-0.15, -0.1) is 0 Å². The summed E-state index contributed by atoms with van der Waals surface area (Å²) in [5, 5.41) is 11.4. The van der Waals surface area contributed by atoms with Gasteiger partial charge in [0.25, 0.3) is 0 Å². The molecule has 4 atom stereocenters. The monoisotopic (exact) mass is 272 g/mol. The van der Waals surface area contributed by atoms with Crippen LogP contribution in [0.5, 0.6) is 0 Å². The van der Waals surface area contributed by atoms with Crippen molar-refractivity contribution in [3.8, 4) is 0 Å². The molecule has 0 radical (unpaired) electrons. The number of carbonyl (C=O) groups is 2. The minimum absolute atomic E-state index is 0.0159. The molecule has 3 heteroatoms. The van der Waals surface area contributed by atoms with Crippen LogP contribution >= 0.6 is 0 Å². The Balaban J connectivity index is 2.28. The summed E-state index contributed by atoms with van der Waals surface area (Å²) >= 11 is 0. The Bertz CT molecular complexity index is 606. The van der Waals surface area contributed by atoms with Crippen molar-refractivity contribution in [2.75, 3.05) is 0 Å². The SMILES string of the molecule is CC[C@H]1C[C@@]2(C)C(=O)c3ccccc3[C@@]2(O)[C@@H]1C(C)=O. The van der Waals surface area contributed by atoms with Gasteiger partial charge in [-0.25, -0.2) is 0 Å². The van der Waals surface area contributed by atoms with Crippen LogP contribution in [0.3, 0.4) is 0 Å². The highest BCUT2D eigenvalue weighted by molar-refractivity contribution is 6.07. The van der Waals surface area contributed by atoms with E-state index in [2.05, 4.69) is 0 Å². The number of carbonyl (C=O) groups excluding carboxylic acids is 2. The van der Waals surface area contributed by atoms with E-state index < -0.39 is 16.9 Å². The van der Waals surface area contributed by atoms with Gasteiger partial charge in [-0.2, -0.15) is 0 Å². The highest BCUT2D eigenvalue weighted by Crippen LogP contribution is 2.64. The molecule has 0 bridgehead atoms. The number of hydrogen-bond donors (Lipinski definition) is 1. The lowest BCUT2D eigenvalue weighted by atomic mass is 9.71. The van der Waals surface area contributed by atoms with Gasteiger partial charge < -0.3 is 5.11 Å². The fourth-order valence-corrected chi connectivity index (χ4v) is 4.53. The van der Waals surface area contributed by atoms with Crippen molar-refractivity contribution >= 4 is 11.6 Å². The van der Waals surface area contributed by atoms with Crippen molar-refractivity contribution in [2.45, 2.75) is 39.2 Å². The Hall–Kier alpha value is -1.48. The van der Waals surface area contributed by atoms with E-state index in [0.717, 1.165) is 6.42 Å². The molecule has 0 aromatic heterocycles. The topological polar surface area (TPSA) is 54.4 Å². The van der Waals surface area contributed by atoms with Crippen molar-refractivity contribution in [2.24, 2.45) is 17.3 Å². The first-order chi connectivity index (χ1) is 9.38. The second-order valence-electron chi connectivity index (χ2n) is 6.43. The van der Waals surface area contributed by atoms with Gasteiger partial charge in [0.2, 0.25) is 0 Å². The average molecular weight is 272 g/mol. The first-order valence-electron chi connectivity index (χ1n) is 7.25. The Morgan fingerprint density at radius 3 is 2.65 bits per heavy atom. The molecule has 1 fully saturated rings. The third kappa shape index (κ3) is 1.29. The maximum Gasteiger partial charge on any atom is 0.172 e. The summed E-state index contributed by atoms with van der Waals surface area (Å²) in [7, 11) is 0. The number of rotatable bonds is 2. The molecule has 0 saturated heterocycles. The quantitative estimate of drug-likeness (QED) is 0.900. The van der Waals surface area contributed by atoms with E-state index in [1.807, 2.05) is 26.0 Å². The lowest BCUT2D eigenvalue weighted by Crippen LogP contribution is -2.45. The number of Topliss-reactive ketones (excluding diaryl/α,β-unsaturated/α-hetero) is 2. The standard InChI is InChI=1S/C17H20O3/c1-4-11-9-16(3)15(19)12-7-5-6-8-13(12)17(16,20)14(11)10(2)18/h5-8,11,14,20H,4,9H2,1-3H3/t11-,14+,16-,17+/m0/s1. The van der Waals surface area contributed by atoms with Gasteiger partial charge in [0, 0.05) is 5.56 Å². The van der Waals surface area contributed by atoms with E-state index in [9.17, 15) is 14.7 Å². The van der Waals surface area contributed by atoms with E-state index in [1.54, 1.807) is 12.1 Å². The third-order valence-corrected chi connectivity index (χ3v) is 5.48. The normalized spacial score (nSPS) is 38.7. The van der Waals surface area contributed by atoms with Crippen LogP contribution in [0, 0.1) is 17.3 Å². The van der Waals surface area contributed by atoms with Crippen LogP contribution in [0.25, 0.3) is 0 Å². The predicted molar refractivity (Wildman–Crippen MR) is 75.3 cm³/mol. The van der Waals surface area contributed by atoms with Gasteiger partial charge in [-0.1, -0.05) is 37.6 Å². The molecule has 0 unspecified atom stereocenters. The summed E-state index contributed by atoms with van der Waals surface area (Å²) in [6.07, 6.45) is 1.38. The summed E-state index contributed by atoms with van der Waals surface area (Å²) in [6, 6.07) is 7.20. The molecule has 0 amide bonds. The smallest absolute Gasteiger partial charge is 0.172 e. The third-order valence-electron chi connectivity index (χ3n) is 5.48. The largest absolute Gasteiger partial charge is 0.383 e. The molecule has 1 N–H and O–H groups in total. The van der Waals surface area contributed by atoms with Gasteiger partial charge in [0.05, 0.1) is 11.3 Å². The minimum atomic E-state index is -1.34. The number of hydrogen-bond acceptors (Lipinski definition) is 3. The van der Waals surface area contributed by atoms with Crippen LogP contribution in [0.2, 0.25) is 0 Å². The van der Waals surface area contributed by atoms with Crippen LogP contribution in [-0.2, 0) is 10.4 Å². The highest BCUT2D eigenvalue weighted by atomic mass is 16.3. The van der Waals surface area contributed by atoms with E-state index in [1.165, 1.54) is 6.92 Å². The second kappa shape index (κ2) is 4.01. The van der Waals surface area contributed by atoms with Gasteiger partial charge in [-0.05, 0) is 31.7 Å². The van der Waals surface area contributed by atoms with Crippen LogP contribution in [0.15, 0.2) is 24.3 Å². The van der Waals surface area contributed by atoms with Crippen LogP contribution in [-0.4, -0.2) is 16.7 Å². The van der Waals surface area contributed by atoms with E-state index in [-0.39, 0.29) is 17.5 Å². The molecule has 1 saturated carbocycles. The van der Waals surface area contributed by atoms with Crippen LogP contribution < -0.4 is 0 Å². The molecular formula is C17H20O3. The molecule has 20 heavy (non-hydrogen) atoms. The lowest BCUT2D eigenvalue weighted by molar-refractivity contribution is -0.135. The predicted octanol–water partition coefficient (Wildman–Crippen LogP) is 2.71. The fraction of sp³-hybridized carbons (Fsp3) is 0.529. The summed E-state index contributed by atoms with van der Waals surface area (Å²) in [5.74, 6) is -0.449. The average Bonchev–Trinajstić information content (AvgIpc) is 2.76. The van der Waals surface area contributed by atoms with Gasteiger partial charge >= 0.3 is 0 Å². The van der Waals surface area contributed by atoms with Gasteiger partial charge in [0.15, 0.2) is 5.78 Å². The van der Waals surface area contributed by atoms with E-state index >= 15 is 0 Å². The summed E-state index contributed by atoms with van der Waals surface area (Å²) in [6.45, 7) is 5.37. The number of aliphatic hydroxyl groups is 1. The zero-order valence-electron chi connectivity index (χ0n) is 12.1. The zero-order valence-corrected chi connectivity index (χ0v) is 12.1. The molecule has 0 aliphatic heterocycles. The second-order valence-corrected chi connectivity index (χ2v) is 6.43. The first-order valence-corrected chi connectivity index (χ1v) is 7.25. The maximum absolute atomic E-state index is 12.8. The summed E-state index contributed by atoms with van der Waals surface area (Å²) in [5.41, 5.74) is -0.983. The Morgan fingerprint density at radius 2 is 2.05 bits per heavy atom. The highest BCUT2D eigenvalue weighted by Gasteiger charge is 2.70. The molecule has 3 rings (SSSR count). The zero-order chi connectivity index (χ0) is 14.7. The Morgan fingerprint density at radius 1 is 1.40 bits per heavy atom. The van der Waals surface area contributed by atoms with E-state index in [0.29, 0.717) is 17.5 Å². The first kappa shape index (κ1) is 13.5. The van der Waals surface area contributed by atoms with E-state index in [4.69, 9.17) is 0 Å². The molecule has 0 spiro atoms. The Kier molecular flexibility index (Phi) is 2.71. The van der Waals surface area contributed by atoms with Crippen molar-refractivity contribution in [3.05, 3.63) is 35.4 Å². The Labute approximate surface area is 119 Å². The van der Waals surface area contributed by atoms with Gasteiger partial charge in [0.1, 0.15) is 11.4 Å². The maximum atomic E-state index is 12.8. The van der Waals surface area contributed by atoms with Gasteiger partial charge in [-0.3, -0.25) is 9.59 Å². The number of fused-ring (bicyclic) bond motifs is 3. The molecule has 3 nitrogen and oxygen atoms in total. The van der Waals surface area contributed by atoms with Crippen molar-refractivity contribution in [3.63, 3.8) is 0 Å². The molecule has 2 aliphatic rings. The van der Waals surface area contributed by atoms with Crippen LogP contribution in [0.4, 0.5) is 0 Å². The summed E-state index contributed by atoms with van der Waals surface area (Å²) < 4.78 is 0. The summed E-state index contributed by atoms with van der Waals surface area (Å²) in [4.78, 5) is 24.9. The number of ketones is 2. The molecule has 1 aromatic rings. The van der Waals surface area contributed by atoms with Crippen molar-refractivity contribution < 1.29 is 14.7 Å². The molecule has 0 heterocycles. The minimum Gasteiger partial charge on any atom is -0.383 e. The number of benzene rings is 1. The molecule has 1 aromatic carbocycles. The fourth-order valence-electron chi connectivity index (χ4n) is 4.53. The molecule has 106 valence electrons. The van der Waals surface area contributed by atoms with Crippen LogP contribution in [0.1, 0.15) is 49.5 Å². The molecule has 2 aliphatic carbocycles. The van der Waals surface area contributed by atoms with Crippen molar-refractivity contribution in [1.29, 1.82) is 0 Å². The molecular weight excluding hydrogens is 252 g/mol. The lowest BCUT2D eigenvalue weighted by Gasteiger charge is -2.36.